The lowest BCUT2D eigenvalue weighted by molar-refractivity contribution is -0.120. The van der Waals surface area contributed by atoms with E-state index < -0.39 is 0 Å². The first-order chi connectivity index (χ1) is 8.29. The molecule has 1 aromatic heterocycles. The van der Waals surface area contributed by atoms with Crippen molar-refractivity contribution < 1.29 is 4.79 Å². The molecule has 0 atom stereocenters. The average molecular weight is 227 g/mol. The third-order valence-corrected chi connectivity index (χ3v) is 2.44. The van der Waals surface area contributed by atoms with Crippen molar-refractivity contribution in [3.05, 3.63) is 54.2 Å². The second kappa shape index (κ2) is 5.23. The first kappa shape index (κ1) is 11.3. The lowest BCUT2D eigenvalue weighted by atomic mass is 10.1. The summed E-state index contributed by atoms with van der Waals surface area (Å²) in [6.45, 7) is 0. The number of carbonyl (C=O) groups is 1. The summed E-state index contributed by atoms with van der Waals surface area (Å²) in [5.74, 6) is 4.83. The predicted octanol–water partition coefficient (Wildman–Crippen LogP) is 1.28. The number of amides is 1. The number of hydrogen-bond donors (Lipinski definition) is 2. The van der Waals surface area contributed by atoms with Gasteiger partial charge in [0.05, 0.1) is 12.1 Å². The van der Waals surface area contributed by atoms with Gasteiger partial charge in [-0.2, -0.15) is 0 Å². The van der Waals surface area contributed by atoms with Crippen LogP contribution in [0.25, 0.3) is 11.3 Å². The molecule has 0 radical (unpaired) electrons. The number of aromatic nitrogens is 1. The Balaban J connectivity index is 2.16. The topological polar surface area (TPSA) is 68.0 Å². The van der Waals surface area contributed by atoms with Gasteiger partial charge in [-0.05, 0) is 17.7 Å². The largest absolute Gasteiger partial charge is 0.294 e. The highest BCUT2D eigenvalue weighted by atomic mass is 16.2. The van der Waals surface area contributed by atoms with E-state index >= 15 is 0 Å². The quantitative estimate of drug-likeness (QED) is 0.471. The van der Waals surface area contributed by atoms with Crippen molar-refractivity contribution in [1.82, 2.24) is 10.4 Å². The molecule has 4 nitrogen and oxygen atoms in total. The summed E-state index contributed by atoms with van der Waals surface area (Å²) >= 11 is 0. The molecule has 1 heterocycles. The second-order valence-electron chi connectivity index (χ2n) is 3.66. The Labute approximate surface area is 99.5 Å². The van der Waals surface area contributed by atoms with Crippen LogP contribution in [-0.4, -0.2) is 10.9 Å². The number of rotatable bonds is 3. The number of nitrogens with one attached hydrogen (secondary N) is 1. The molecule has 2 rings (SSSR count). The van der Waals surface area contributed by atoms with Crippen LogP contribution in [0.2, 0.25) is 0 Å². The van der Waals surface area contributed by atoms with Crippen LogP contribution in [0.3, 0.4) is 0 Å². The van der Waals surface area contributed by atoms with Crippen molar-refractivity contribution in [2.24, 2.45) is 5.84 Å². The summed E-state index contributed by atoms with van der Waals surface area (Å²) in [4.78, 5) is 15.3. The fourth-order valence-electron chi connectivity index (χ4n) is 1.56. The number of nitrogens with two attached hydrogens (primary N) is 1. The highest BCUT2D eigenvalue weighted by molar-refractivity contribution is 5.78. The second-order valence-corrected chi connectivity index (χ2v) is 3.66. The maximum atomic E-state index is 11.1. The Morgan fingerprint density at radius 2 is 1.94 bits per heavy atom. The molecule has 1 amide bonds. The molecular weight excluding hydrogens is 214 g/mol. The molecule has 0 aliphatic carbocycles. The smallest absolute Gasteiger partial charge is 0.238 e. The third kappa shape index (κ3) is 2.89. The van der Waals surface area contributed by atoms with Gasteiger partial charge in [0, 0.05) is 11.8 Å². The zero-order chi connectivity index (χ0) is 12.1. The van der Waals surface area contributed by atoms with Gasteiger partial charge in [-0.25, -0.2) is 5.84 Å². The fraction of sp³-hybridized carbons (Fsp3) is 0.0769. The highest BCUT2D eigenvalue weighted by Gasteiger charge is 2.02. The standard InChI is InChI=1S/C13H13N3O/c14-16-13(17)9-10-4-6-11(7-5-10)12-3-1-2-8-15-12/h1-8H,9,14H2,(H,16,17). The molecule has 0 saturated heterocycles. The number of hydrogen-bond acceptors (Lipinski definition) is 3. The number of hydrazine groups is 1. The Morgan fingerprint density at radius 3 is 2.53 bits per heavy atom. The zero-order valence-electron chi connectivity index (χ0n) is 9.26. The molecule has 1 aromatic carbocycles. The van der Waals surface area contributed by atoms with Gasteiger partial charge in [-0.1, -0.05) is 30.3 Å². The number of benzene rings is 1. The predicted molar refractivity (Wildman–Crippen MR) is 65.7 cm³/mol. The molecule has 0 unspecified atom stereocenters. The molecule has 2 aromatic rings. The molecule has 0 spiro atoms. The summed E-state index contributed by atoms with van der Waals surface area (Å²) < 4.78 is 0. The highest BCUT2D eigenvalue weighted by Crippen LogP contribution is 2.16. The average Bonchev–Trinajstić information content (AvgIpc) is 2.40. The maximum Gasteiger partial charge on any atom is 0.238 e. The van der Waals surface area contributed by atoms with Crippen molar-refractivity contribution in [1.29, 1.82) is 0 Å². The van der Waals surface area contributed by atoms with Crippen LogP contribution >= 0.6 is 0 Å². The first-order valence-corrected chi connectivity index (χ1v) is 5.29. The molecule has 0 aliphatic heterocycles. The summed E-state index contributed by atoms with van der Waals surface area (Å²) in [6.07, 6.45) is 2.05. The monoisotopic (exact) mass is 227 g/mol. The van der Waals surface area contributed by atoms with Crippen LogP contribution in [0.4, 0.5) is 0 Å². The van der Waals surface area contributed by atoms with Crippen molar-refractivity contribution in [3.63, 3.8) is 0 Å². The molecule has 4 heteroatoms. The molecule has 3 N–H and O–H groups in total. The van der Waals surface area contributed by atoms with E-state index in [9.17, 15) is 4.79 Å². The van der Waals surface area contributed by atoms with E-state index in [0.29, 0.717) is 6.42 Å². The van der Waals surface area contributed by atoms with E-state index in [1.54, 1.807) is 6.20 Å². The zero-order valence-corrected chi connectivity index (χ0v) is 9.26. The van der Waals surface area contributed by atoms with Crippen LogP contribution in [0.5, 0.6) is 0 Å². The van der Waals surface area contributed by atoms with Crippen molar-refractivity contribution in [2.45, 2.75) is 6.42 Å². The van der Waals surface area contributed by atoms with E-state index in [2.05, 4.69) is 10.4 Å². The number of nitrogens with zero attached hydrogens (tertiary/aromatic N) is 1. The minimum atomic E-state index is -0.199. The van der Waals surface area contributed by atoms with Gasteiger partial charge in [-0.15, -0.1) is 0 Å². The third-order valence-electron chi connectivity index (χ3n) is 2.44. The molecule has 0 bridgehead atoms. The van der Waals surface area contributed by atoms with Crippen molar-refractivity contribution in [3.8, 4) is 11.3 Å². The summed E-state index contributed by atoms with van der Waals surface area (Å²) in [5.41, 5.74) is 4.98. The molecule has 0 aliphatic rings. The lowest BCUT2D eigenvalue weighted by Crippen LogP contribution is -2.31. The minimum absolute atomic E-state index is 0.199. The maximum absolute atomic E-state index is 11.1. The molecule has 0 saturated carbocycles. The number of pyridine rings is 1. The van der Waals surface area contributed by atoms with Gasteiger partial charge in [0.1, 0.15) is 0 Å². The van der Waals surface area contributed by atoms with E-state index in [0.717, 1.165) is 16.8 Å². The van der Waals surface area contributed by atoms with Crippen LogP contribution in [0.1, 0.15) is 5.56 Å². The number of carbonyl (C=O) groups excluding carboxylic acids is 1. The van der Waals surface area contributed by atoms with Gasteiger partial charge in [0.15, 0.2) is 0 Å². The summed E-state index contributed by atoms with van der Waals surface area (Å²) in [6, 6.07) is 13.5. The van der Waals surface area contributed by atoms with Gasteiger partial charge >= 0.3 is 0 Å². The van der Waals surface area contributed by atoms with Crippen LogP contribution in [0, 0.1) is 0 Å². The van der Waals surface area contributed by atoms with E-state index in [4.69, 9.17) is 5.84 Å². The van der Waals surface area contributed by atoms with Gasteiger partial charge in [-0.3, -0.25) is 15.2 Å². The molecule has 0 fully saturated rings. The molecule has 86 valence electrons. The van der Waals surface area contributed by atoms with E-state index in [1.165, 1.54) is 0 Å². The normalized spacial score (nSPS) is 9.94. The summed E-state index contributed by atoms with van der Waals surface area (Å²) in [7, 11) is 0. The Bertz CT molecular complexity index is 494. The van der Waals surface area contributed by atoms with E-state index in [1.807, 2.05) is 42.5 Å². The van der Waals surface area contributed by atoms with Crippen LogP contribution in [-0.2, 0) is 11.2 Å². The van der Waals surface area contributed by atoms with Crippen LogP contribution < -0.4 is 11.3 Å². The fourth-order valence-corrected chi connectivity index (χ4v) is 1.56. The molecular formula is C13H13N3O. The van der Waals surface area contributed by atoms with Crippen molar-refractivity contribution in [2.75, 3.05) is 0 Å². The van der Waals surface area contributed by atoms with Gasteiger partial charge in [0.2, 0.25) is 5.91 Å². The first-order valence-electron chi connectivity index (χ1n) is 5.29. The Morgan fingerprint density at radius 1 is 1.18 bits per heavy atom. The Kier molecular flexibility index (Phi) is 3.47. The van der Waals surface area contributed by atoms with Crippen LogP contribution in [0.15, 0.2) is 48.7 Å². The van der Waals surface area contributed by atoms with Gasteiger partial charge in [0.25, 0.3) is 0 Å². The van der Waals surface area contributed by atoms with Gasteiger partial charge < -0.3 is 0 Å². The van der Waals surface area contributed by atoms with E-state index in [-0.39, 0.29) is 5.91 Å². The lowest BCUT2D eigenvalue weighted by Gasteiger charge is -2.03. The van der Waals surface area contributed by atoms with Crippen molar-refractivity contribution >= 4 is 5.91 Å². The molecule has 17 heavy (non-hydrogen) atoms. The minimum Gasteiger partial charge on any atom is -0.294 e. The Hall–Kier alpha value is -2.20. The summed E-state index contributed by atoms with van der Waals surface area (Å²) in [5, 5.41) is 0. The SMILES string of the molecule is NNC(=O)Cc1ccc(-c2ccccn2)cc1.